The van der Waals surface area contributed by atoms with E-state index in [0.29, 0.717) is 23.9 Å². The Morgan fingerprint density at radius 3 is 1.87 bits per heavy atom. The number of unbranched alkanes of at least 4 members (excludes halogenated alkanes) is 15. The van der Waals surface area contributed by atoms with Crippen LogP contribution in [0.2, 0.25) is 0 Å². The molecule has 0 spiro atoms. The number of carbonyl (C=O) groups is 1. The summed E-state index contributed by atoms with van der Waals surface area (Å²) in [6.07, 6.45) is 30.6. The molecule has 45 heavy (non-hydrogen) atoms. The van der Waals surface area contributed by atoms with Crippen LogP contribution in [0.3, 0.4) is 0 Å². The van der Waals surface area contributed by atoms with Crippen molar-refractivity contribution in [3.8, 4) is 0 Å². The number of aliphatic hydroxyl groups excluding tert-OH is 1. The van der Waals surface area contributed by atoms with E-state index in [4.69, 9.17) is 9.05 Å². The fraction of sp³-hybridized carbons (Fsp3) is 0.861. The number of carbonyl (C=O) groups excluding carboxylic acids is 1. The normalized spacial score (nSPS) is 15.1. The number of nitrogens with zero attached hydrogens (tertiary/aromatic N) is 1. The van der Waals surface area contributed by atoms with Crippen molar-refractivity contribution in [1.82, 2.24) is 5.32 Å². The van der Waals surface area contributed by atoms with Gasteiger partial charge in [0.1, 0.15) is 13.2 Å². The lowest BCUT2D eigenvalue weighted by atomic mass is 10.0. The van der Waals surface area contributed by atoms with Crippen molar-refractivity contribution in [3.05, 3.63) is 24.3 Å². The van der Waals surface area contributed by atoms with Gasteiger partial charge in [-0.05, 0) is 44.9 Å². The van der Waals surface area contributed by atoms with Crippen LogP contribution in [0, 0.1) is 0 Å². The molecule has 1 amide bonds. The SMILES string of the molecule is CCCCC/C=C\C/C=C\CCCCCCCC(=O)NC(COP(=O)(O)OCC[N+](C)(C)C)C(O)CCCCCCCCCC. The van der Waals surface area contributed by atoms with E-state index in [1.807, 2.05) is 21.1 Å². The lowest BCUT2D eigenvalue weighted by Gasteiger charge is -2.26. The summed E-state index contributed by atoms with van der Waals surface area (Å²) in [6.45, 7) is 4.79. The first-order valence-electron chi connectivity index (χ1n) is 18.2. The zero-order chi connectivity index (χ0) is 33.7. The zero-order valence-corrected chi connectivity index (χ0v) is 30.8. The molecule has 0 aromatic carbocycles. The summed E-state index contributed by atoms with van der Waals surface area (Å²) in [5, 5.41) is 13.8. The van der Waals surface area contributed by atoms with Gasteiger partial charge in [0.15, 0.2) is 0 Å². The molecular formula is C36H72N2O6P+. The fourth-order valence-electron chi connectivity index (χ4n) is 4.96. The van der Waals surface area contributed by atoms with Crippen LogP contribution in [-0.2, 0) is 18.4 Å². The third-order valence-electron chi connectivity index (χ3n) is 7.95. The maximum atomic E-state index is 12.7. The summed E-state index contributed by atoms with van der Waals surface area (Å²) in [7, 11) is 1.60. The number of hydrogen-bond acceptors (Lipinski definition) is 5. The number of phosphoric acid groups is 1. The highest BCUT2D eigenvalue weighted by Gasteiger charge is 2.28. The number of aliphatic hydroxyl groups is 1. The van der Waals surface area contributed by atoms with Crippen LogP contribution in [0.4, 0.5) is 0 Å². The average Bonchev–Trinajstić information content (AvgIpc) is 2.97. The first-order chi connectivity index (χ1) is 21.5. The van der Waals surface area contributed by atoms with Crippen molar-refractivity contribution in [3.63, 3.8) is 0 Å². The van der Waals surface area contributed by atoms with Gasteiger partial charge in [-0.2, -0.15) is 0 Å². The Balaban J connectivity index is 4.46. The summed E-state index contributed by atoms with van der Waals surface area (Å²) in [4.78, 5) is 22.9. The van der Waals surface area contributed by atoms with Crippen molar-refractivity contribution in [2.45, 2.75) is 161 Å². The molecule has 8 nitrogen and oxygen atoms in total. The summed E-state index contributed by atoms with van der Waals surface area (Å²) in [5.74, 6) is -0.164. The molecule has 0 aromatic rings. The standard InChI is InChI=1S/C36H71N2O6P/c1-6-8-10-12-14-16-17-18-19-20-21-22-24-26-28-30-36(40)37-34(33-44-45(41,42)43-32-31-38(3,4)5)35(39)29-27-25-23-15-13-11-9-7-2/h14,16,18-19,34-35,39H,6-13,15,17,20-33H2,1-5H3,(H-,37,40,41,42)/p+1/b16-14-,19-18-. The number of hydrogen-bond donors (Lipinski definition) is 3. The molecule has 3 atom stereocenters. The van der Waals surface area contributed by atoms with E-state index in [1.165, 1.54) is 57.8 Å². The number of nitrogens with one attached hydrogen (secondary N) is 1. The highest BCUT2D eigenvalue weighted by molar-refractivity contribution is 7.47. The topological polar surface area (TPSA) is 105 Å². The monoisotopic (exact) mass is 660 g/mol. The molecule has 0 fully saturated rings. The molecule has 0 saturated carbocycles. The second-order valence-electron chi connectivity index (χ2n) is 13.6. The highest BCUT2D eigenvalue weighted by Crippen LogP contribution is 2.43. The Hall–Kier alpha value is -1.02. The summed E-state index contributed by atoms with van der Waals surface area (Å²) >= 11 is 0. The molecule has 0 aliphatic rings. The fourth-order valence-corrected chi connectivity index (χ4v) is 5.69. The second-order valence-corrected chi connectivity index (χ2v) is 15.1. The third kappa shape index (κ3) is 31.4. The molecule has 0 aromatic heterocycles. The van der Waals surface area contributed by atoms with Crippen LogP contribution in [0.15, 0.2) is 24.3 Å². The lowest BCUT2D eigenvalue weighted by molar-refractivity contribution is -0.870. The maximum Gasteiger partial charge on any atom is 0.472 e. The Morgan fingerprint density at radius 2 is 1.27 bits per heavy atom. The van der Waals surface area contributed by atoms with Gasteiger partial charge in [-0.3, -0.25) is 13.8 Å². The Kier molecular flexibility index (Phi) is 28.5. The number of allylic oxidation sites excluding steroid dienone is 4. The first kappa shape index (κ1) is 44.0. The molecule has 0 bridgehead atoms. The van der Waals surface area contributed by atoms with Crippen molar-refractivity contribution < 1.29 is 32.9 Å². The van der Waals surface area contributed by atoms with E-state index in [2.05, 4.69) is 43.5 Å². The second kappa shape index (κ2) is 29.1. The van der Waals surface area contributed by atoms with Crippen LogP contribution < -0.4 is 5.32 Å². The van der Waals surface area contributed by atoms with Crippen LogP contribution in [0.1, 0.15) is 149 Å². The molecule has 9 heteroatoms. The van der Waals surface area contributed by atoms with E-state index in [1.54, 1.807) is 0 Å². The predicted molar refractivity (Wildman–Crippen MR) is 189 cm³/mol. The largest absolute Gasteiger partial charge is 0.472 e. The molecule has 0 rings (SSSR count). The molecular weight excluding hydrogens is 587 g/mol. The Morgan fingerprint density at radius 1 is 0.756 bits per heavy atom. The van der Waals surface area contributed by atoms with Crippen LogP contribution in [0.5, 0.6) is 0 Å². The summed E-state index contributed by atoms with van der Waals surface area (Å²) < 4.78 is 23.4. The summed E-state index contributed by atoms with van der Waals surface area (Å²) in [5.41, 5.74) is 0. The van der Waals surface area contributed by atoms with E-state index >= 15 is 0 Å². The molecule has 0 saturated heterocycles. The van der Waals surface area contributed by atoms with E-state index in [9.17, 15) is 19.4 Å². The lowest BCUT2D eigenvalue weighted by Crippen LogP contribution is -2.46. The first-order valence-corrected chi connectivity index (χ1v) is 19.7. The minimum Gasteiger partial charge on any atom is -0.391 e. The molecule has 3 unspecified atom stereocenters. The van der Waals surface area contributed by atoms with E-state index < -0.39 is 20.0 Å². The van der Waals surface area contributed by atoms with Gasteiger partial charge in [-0.15, -0.1) is 0 Å². The van der Waals surface area contributed by atoms with Gasteiger partial charge in [-0.1, -0.05) is 122 Å². The Bertz CT molecular complexity index is 799. The van der Waals surface area contributed by atoms with E-state index in [0.717, 1.165) is 64.2 Å². The quantitative estimate of drug-likeness (QED) is 0.0288. The highest BCUT2D eigenvalue weighted by atomic mass is 31.2. The minimum atomic E-state index is -4.30. The Labute approximate surface area is 277 Å². The van der Waals surface area contributed by atoms with Gasteiger partial charge in [-0.25, -0.2) is 4.57 Å². The molecule has 3 N–H and O–H groups in total. The van der Waals surface area contributed by atoms with Gasteiger partial charge < -0.3 is 19.8 Å². The number of amides is 1. The minimum absolute atomic E-state index is 0.0714. The molecule has 0 aliphatic heterocycles. The third-order valence-corrected chi connectivity index (χ3v) is 8.94. The van der Waals surface area contributed by atoms with Gasteiger partial charge in [0.25, 0.3) is 0 Å². The average molecular weight is 660 g/mol. The van der Waals surface area contributed by atoms with E-state index in [-0.39, 0.29) is 19.1 Å². The van der Waals surface area contributed by atoms with Crippen LogP contribution >= 0.6 is 7.82 Å². The van der Waals surface area contributed by atoms with Crippen molar-refractivity contribution in [1.29, 1.82) is 0 Å². The zero-order valence-electron chi connectivity index (χ0n) is 29.9. The predicted octanol–water partition coefficient (Wildman–Crippen LogP) is 9.02. The molecule has 266 valence electrons. The smallest absolute Gasteiger partial charge is 0.391 e. The number of phosphoric ester groups is 1. The van der Waals surface area contributed by atoms with Gasteiger partial charge in [0.2, 0.25) is 5.91 Å². The summed E-state index contributed by atoms with van der Waals surface area (Å²) in [6, 6.07) is -0.762. The van der Waals surface area contributed by atoms with Crippen molar-refractivity contribution >= 4 is 13.7 Å². The maximum absolute atomic E-state index is 12.7. The number of likely N-dealkylation sites (N-methyl/N-ethyl adjacent to an activating group) is 1. The van der Waals surface area contributed by atoms with Crippen LogP contribution in [0.25, 0.3) is 0 Å². The molecule has 0 radical (unpaired) electrons. The van der Waals surface area contributed by atoms with Crippen molar-refractivity contribution in [2.75, 3.05) is 40.9 Å². The number of rotatable bonds is 32. The van der Waals surface area contributed by atoms with Crippen LogP contribution in [-0.4, -0.2) is 73.4 Å². The van der Waals surface area contributed by atoms with Gasteiger partial charge >= 0.3 is 7.82 Å². The van der Waals surface area contributed by atoms with Gasteiger partial charge in [0, 0.05) is 6.42 Å². The number of quaternary nitrogens is 1. The molecule has 0 heterocycles. The van der Waals surface area contributed by atoms with Crippen molar-refractivity contribution in [2.24, 2.45) is 0 Å². The molecule has 0 aliphatic carbocycles. The van der Waals surface area contributed by atoms with Gasteiger partial charge in [0.05, 0.1) is 39.9 Å².